The van der Waals surface area contributed by atoms with E-state index in [1.165, 1.54) is 0 Å². The molecule has 0 aliphatic rings. The molecule has 1 rings (SSSR count). The Bertz CT molecular complexity index is 308. The number of hydrogen-bond donors (Lipinski definition) is 1. The third kappa shape index (κ3) is 2.65. The topological polar surface area (TPSA) is 49.2 Å². The molecule has 84 valence electrons. The molecule has 0 bridgehead atoms. The first-order chi connectivity index (χ1) is 7.01. The first-order valence-electron chi connectivity index (χ1n) is 5.18. The van der Waals surface area contributed by atoms with E-state index in [2.05, 4.69) is 35.9 Å². The summed E-state index contributed by atoms with van der Waals surface area (Å²) in [4.78, 5) is 2.10. The number of anilines is 1. The molecule has 1 aromatic heterocycles. The van der Waals surface area contributed by atoms with Gasteiger partial charge in [0, 0.05) is 12.6 Å². The first-order valence-corrected chi connectivity index (χ1v) is 5.18. The van der Waals surface area contributed by atoms with Gasteiger partial charge in [-0.05, 0) is 32.4 Å². The predicted octanol–water partition coefficient (Wildman–Crippen LogP) is 1.59. The summed E-state index contributed by atoms with van der Waals surface area (Å²) in [7, 11) is 2.01. The molecule has 0 aromatic carbocycles. The van der Waals surface area contributed by atoms with E-state index in [1.807, 2.05) is 13.1 Å². The molecule has 1 aromatic rings. The highest BCUT2D eigenvalue weighted by Gasteiger charge is 2.22. The highest BCUT2D eigenvalue weighted by molar-refractivity contribution is 5.39. The molecule has 1 heterocycles. The van der Waals surface area contributed by atoms with Crippen LogP contribution in [0.4, 0.5) is 5.82 Å². The van der Waals surface area contributed by atoms with Gasteiger partial charge < -0.3 is 10.0 Å². The van der Waals surface area contributed by atoms with Crippen LogP contribution in [0.2, 0.25) is 0 Å². The van der Waals surface area contributed by atoms with Gasteiger partial charge in [-0.1, -0.05) is 6.92 Å². The highest BCUT2D eigenvalue weighted by atomic mass is 16.3. The zero-order chi connectivity index (χ0) is 11.5. The van der Waals surface area contributed by atoms with E-state index in [-0.39, 0.29) is 12.1 Å². The third-order valence-electron chi connectivity index (χ3n) is 2.98. The monoisotopic (exact) mass is 209 g/mol. The van der Waals surface area contributed by atoms with Crippen molar-refractivity contribution in [2.24, 2.45) is 0 Å². The molecular weight excluding hydrogens is 190 g/mol. The minimum Gasteiger partial charge on any atom is -0.390 e. The molecule has 0 unspecified atom stereocenters. The van der Waals surface area contributed by atoms with Crippen molar-refractivity contribution in [1.82, 2.24) is 10.2 Å². The second kappa shape index (κ2) is 4.57. The lowest BCUT2D eigenvalue weighted by molar-refractivity contribution is 0.275. The first kappa shape index (κ1) is 11.9. The summed E-state index contributed by atoms with van der Waals surface area (Å²) < 4.78 is 0. The number of rotatable bonds is 4. The predicted molar refractivity (Wildman–Crippen MR) is 60.7 cm³/mol. The van der Waals surface area contributed by atoms with E-state index in [4.69, 9.17) is 5.11 Å². The Kier molecular flexibility index (Phi) is 3.63. The molecule has 0 aliphatic heterocycles. The lowest BCUT2D eigenvalue weighted by atomic mass is 10.0. The van der Waals surface area contributed by atoms with Crippen LogP contribution in [-0.2, 0) is 6.61 Å². The van der Waals surface area contributed by atoms with Crippen LogP contribution >= 0.6 is 0 Å². The minimum absolute atomic E-state index is 0.0613. The summed E-state index contributed by atoms with van der Waals surface area (Å²) in [5.74, 6) is 0.832. The zero-order valence-corrected chi connectivity index (χ0v) is 9.86. The van der Waals surface area contributed by atoms with E-state index >= 15 is 0 Å². The minimum atomic E-state index is -0.0613. The second-order valence-corrected chi connectivity index (χ2v) is 4.27. The van der Waals surface area contributed by atoms with E-state index in [0.29, 0.717) is 5.69 Å². The SMILES string of the molecule is CCC(C)(C)N(C)c1ccc(CO)nn1. The van der Waals surface area contributed by atoms with Gasteiger partial charge >= 0.3 is 0 Å². The van der Waals surface area contributed by atoms with Crippen molar-refractivity contribution >= 4 is 5.82 Å². The summed E-state index contributed by atoms with van der Waals surface area (Å²) in [6.07, 6.45) is 1.03. The molecule has 0 atom stereocenters. The van der Waals surface area contributed by atoms with E-state index in [1.54, 1.807) is 6.07 Å². The third-order valence-corrected chi connectivity index (χ3v) is 2.98. The Morgan fingerprint density at radius 1 is 1.33 bits per heavy atom. The Labute approximate surface area is 90.9 Å². The van der Waals surface area contributed by atoms with Crippen molar-refractivity contribution < 1.29 is 5.11 Å². The number of aliphatic hydroxyl groups excluding tert-OH is 1. The van der Waals surface area contributed by atoms with Crippen LogP contribution in [0.25, 0.3) is 0 Å². The van der Waals surface area contributed by atoms with Crippen LogP contribution in [0.5, 0.6) is 0 Å². The normalized spacial score (nSPS) is 11.5. The zero-order valence-electron chi connectivity index (χ0n) is 9.86. The highest BCUT2D eigenvalue weighted by Crippen LogP contribution is 2.22. The lowest BCUT2D eigenvalue weighted by Gasteiger charge is -2.35. The molecule has 4 heteroatoms. The fraction of sp³-hybridized carbons (Fsp3) is 0.636. The quantitative estimate of drug-likeness (QED) is 0.818. The Morgan fingerprint density at radius 2 is 2.00 bits per heavy atom. The van der Waals surface area contributed by atoms with Crippen molar-refractivity contribution in [2.45, 2.75) is 39.3 Å². The number of aromatic nitrogens is 2. The number of nitrogens with zero attached hydrogens (tertiary/aromatic N) is 3. The van der Waals surface area contributed by atoms with Crippen molar-refractivity contribution in [3.8, 4) is 0 Å². The maximum absolute atomic E-state index is 8.86. The van der Waals surface area contributed by atoms with Crippen LogP contribution in [0, 0.1) is 0 Å². The number of aliphatic hydroxyl groups is 1. The molecule has 1 N–H and O–H groups in total. The molecule has 4 nitrogen and oxygen atoms in total. The van der Waals surface area contributed by atoms with Gasteiger partial charge in [-0.2, -0.15) is 5.10 Å². The van der Waals surface area contributed by atoms with Gasteiger partial charge in [-0.15, -0.1) is 5.10 Å². The molecule has 0 aliphatic carbocycles. The Morgan fingerprint density at radius 3 is 2.40 bits per heavy atom. The molecule has 0 spiro atoms. The molecule has 0 saturated heterocycles. The van der Waals surface area contributed by atoms with Gasteiger partial charge in [0.2, 0.25) is 0 Å². The van der Waals surface area contributed by atoms with Gasteiger partial charge in [0.05, 0.1) is 12.3 Å². The number of hydrogen-bond acceptors (Lipinski definition) is 4. The van der Waals surface area contributed by atoms with Crippen LogP contribution in [-0.4, -0.2) is 27.9 Å². The summed E-state index contributed by atoms with van der Waals surface area (Å²) >= 11 is 0. The molecule has 0 amide bonds. The standard InChI is InChI=1S/C11H19N3O/c1-5-11(2,3)14(4)10-7-6-9(8-15)12-13-10/h6-7,15H,5,8H2,1-4H3. The molecule has 0 radical (unpaired) electrons. The average Bonchev–Trinajstić information content (AvgIpc) is 2.28. The van der Waals surface area contributed by atoms with Crippen LogP contribution in [0.15, 0.2) is 12.1 Å². The summed E-state index contributed by atoms with van der Waals surface area (Å²) in [6.45, 7) is 6.41. The van der Waals surface area contributed by atoms with Crippen molar-refractivity contribution in [3.63, 3.8) is 0 Å². The fourth-order valence-corrected chi connectivity index (χ4v) is 1.16. The van der Waals surface area contributed by atoms with Gasteiger partial charge in [-0.3, -0.25) is 0 Å². The van der Waals surface area contributed by atoms with Gasteiger partial charge in [0.1, 0.15) is 0 Å². The lowest BCUT2D eigenvalue weighted by Crippen LogP contribution is -2.41. The Hall–Kier alpha value is -1.16. The van der Waals surface area contributed by atoms with E-state index in [0.717, 1.165) is 12.2 Å². The van der Waals surface area contributed by atoms with Crippen LogP contribution in [0.1, 0.15) is 32.9 Å². The average molecular weight is 209 g/mol. The summed E-state index contributed by atoms with van der Waals surface area (Å²) in [5, 5.41) is 16.9. The van der Waals surface area contributed by atoms with Crippen LogP contribution in [0.3, 0.4) is 0 Å². The molecule has 15 heavy (non-hydrogen) atoms. The Balaban J connectivity index is 2.87. The van der Waals surface area contributed by atoms with E-state index in [9.17, 15) is 0 Å². The molecule has 0 saturated carbocycles. The second-order valence-electron chi connectivity index (χ2n) is 4.27. The van der Waals surface area contributed by atoms with Crippen molar-refractivity contribution in [3.05, 3.63) is 17.8 Å². The van der Waals surface area contributed by atoms with Crippen molar-refractivity contribution in [1.29, 1.82) is 0 Å². The smallest absolute Gasteiger partial charge is 0.151 e. The van der Waals surface area contributed by atoms with Gasteiger partial charge in [0.25, 0.3) is 0 Å². The largest absolute Gasteiger partial charge is 0.390 e. The van der Waals surface area contributed by atoms with Crippen LogP contribution < -0.4 is 4.90 Å². The molecule has 0 fully saturated rings. The van der Waals surface area contributed by atoms with Gasteiger partial charge in [-0.25, -0.2) is 0 Å². The van der Waals surface area contributed by atoms with Crippen molar-refractivity contribution in [2.75, 3.05) is 11.9 Å². The van der Waals surface area contributed by atoms with Gasteiger partial charge in [0.15, 0.2) is 5.82 Å². The molecular formula is C11H19N3O. The maximum Gasteiger partial charge on any atom is 0.151 e. The fourth-order valence-electron chi connectivity index (χ4n) is 1.16. The summed E-state index contributed by atoms with van der Waals surface area (Å²) in [6, 6.07) is 3.68. The maximum atomic E-state index is 8.86. The summed E-state index contributed by atoms with van der Waals surface area (Å²) in [5.41, 5.74) is 0.663. The van der Waals surface area contributed by atoms with E-state index < -0.39 is 0 Å².